The van der Waals surface area contributed by atoms with Crippen LogP contribution in [0.3, 0.4) is 0 Å². The van der Waals surface area contributed by atoms with Crippen LogP contribution in [0.5, 0.6) is 0 Å². The molecule has 0 atom stereocenters. The Morgan fingerprint density at radius 2 is 2.19 bits per heavy atom. The quantitative estimate of drug-likeness (QED) is 0.382. The first kappa shape index (κ1) is 17.7. The first-order valence-corrected chi connectivity index (χ1v) is 9.62. The van der Waals surface area contributed by atoms with Crippen LogP contribution in [0.4, 0.5) is 5.82 Å². The largest absolute Gasteiger partial charge is 0.351 e. The van der Waals surface area contributed by atoms with Crippen molar-refractivity contribution in [3.63, 3.8) is 0 Å². The molecular weight excluding hydrogens is 340 g/mol. The van der Waals surface area contributed by atoms with Gasteiger partial charge in [-0.2, -0.15) is 5.11 Å². The van der Waals surface area contributed by atoms with E-state index in [1.165, 1.54) is 12.8 Å². The number of fused-ring (bicyclic) bond motifs is 1. The lowest BCUT2D eigenvalue weighted by molar-refractivity contribution is 0.290. The fraction of sp³-hybridized carbons (Fsp3) is 0.474. The molecule has 2 aromatic heterocycles. The Balaban J connectivity index is 1.30. The molecule has 2 aliphatic rings. The van der Waals surface area contributed by atoms with E-state index in [1.807, 2.05) is 18.5 Å². The van der Waals surface area contributed by atoms with E-state index in [9.17, 15) is 0 Å². The predicted molar refractivity (Wildman–Crippen MR) is 105 cm³/mol. The van der Waals surface area contributed by atoms with Crippen molar-refractivity contribution in [3.05, 3.63) is 41.7 Å². The van der Waals surface area contributed by atoms with E-state index in [2.05, 4.69) is 35.7 Å². The summed E-state index contributed by atoms with van der Waals surface area (Å²) in [5.74, 6) is 1.86. The third-order valence-electron chi connectivity index (χ3n) is 5.55. The van der Waals surface area contributed by atoms with Crippen LogP contribution >= 0.6 is 0 Å². The number of aromatic nitrogens is 3. The van der Waals surface area contributed by atoms with Gasteiger partial charge in [0, 0.05) is 36.8 Å². The molecule has 1 aliphatic carbocycles. The second-order valence-corrected chi connectivity index (χ2v) is 7.25. The van der Waals surface area contributed by atoms with Crippen LogP contribution in [0.1, 0.15) is 36.9 Å². The van der Waals surface area contributed by atoms with Gasteiger partial charge in [-0.3, -0.25) is 0 Å². The highest BCUT2D eigenvalue weighted by Crippen LogP contribution is 2.38. The van der Waals surface area contributed by atoms with Gasteiger partial charge in [0.25, 0.3) is 0 Å². The Bertz CT molecular complexity index is 809. The van der Waals surface area contributed by atoms with Gasteiger partial charge in [-0.25, -0.2) is 15.5 Å². The van der Waals surface area contributed by atoms with Crippen LogP contribution < -0.4 is 10.6 Å². The monoisotopic (exact) mass is 366 g/mol. The molecule has 0 amide bonds. The molecule has 0 saturated heterocycles. The summed E-state index contributed by atoms with van der Waals surface area (Å²) in [6.07, 6.45) is 12.7. The fourth-order valence-electron chi connectivity index (χ4n) is 4.06. The third kappa shape index (κ3) is 4.00. The summed E-state index contributed by atoms with van der Waals surface area (Å²) < 4.78 is 0. The summed E-state index contributed by atoms with van der Waals surface area (Å²) in [5, 5.41) is 10.7. The SMILES string of the molecule is N=N/C(=C1\NC=Nc2[nH]ccc21)[C@H]1CC[C@H](CNCCc2c[nH]cn2)CC1. The number of nitrogens with zero attached hydrogens (tertiary/aromatic N) is 3. The maximum absolute atomic E-state index is 7.73. The highest BCUT2D eigenvalue weighted by molar-refractivity contribution is 5.87. The van der Waals surface area contributed by atoms with Gasteiger partial charge >= 0.3 is 0 Å². The summed E-state index contributed by atoms with van der Waals surface area (Å²) >= 11 is 0. The van der Waals surface area contributed by atoms with Gasteiger partial charge in [-0.1, -0.05) is 0 Å². The van der Waals surface area contributed by atoms with Gasteiger partial charge in [0.2, 0.25) is 0 Å². The minimum atomic E-state index is 0.333. The predicted octanol–water partition coefficient (Wildman–Crippen LogP) is 3.34. The van der Waals surface area contributed by atoms with E-state index in [0.717, 1.165) is 60.8 Å². The Morgan fingerprint density at radius 1 is 1.30 bits per heavy atom. The number of H-pyrrole nitrogens is 2. The molecule has 3 heterocycles. The van der Waals surface area contributed by atoms with Crippen LogP contribution in [0.15, 0.2) is 40.6 Å². The average molecular weight is 366 g/mol. The lowest BCUT2D eigenvalue weighted by Gasteiger charge is -2.30. The van der Waals surface area contributed by atoms with Gasteiger partial charge in [-0.05, 0) is 44.2 Å². The molecule has 1 fully saturated rings. The zero-order valence-corrected chi connectivity index (χ0v) is 15.3. The molecule has 0 unspecified atom stereocenters. The van der Waals surface area contributed by atoms with Gasteiger partial charge < -0.3 is 20.6 Å². The Labute approximate surface area is 158 Å². The number of allylic oxidation sites excluding steroid dienone is 1. The summed E-state index contributed by atoms with van der Waals surface area (Å²) in [6, 6.07) is 1.99. The molecule has 8 heteroatoms. The summed E-state index contributed by atoms with van der Waals surface area (Å²) in [5.41, 5.74) is 11.6. The van der Waals surface area contributed by atoms with Crippen molar-refractivity contribution in [2.45, 2.75) is 32.1 Å². The molecule has 27 heavy (non-hydrogen) atoms. The van der Waals surface area contributed by atoms with E-state index < -0.39 is 0 Å². The maximum atomic E-state index is 7.73. The second kappa shape index (κ2) is 8.30. The minimum absolute atomic E-state index is 0.333. The number of imidazole rings is 1. The fourth-order valence-corrected chi connectivity index (χ4v) is 4.06. The van der Waals surface area contributed by atoms with Crippen molar-refractivity contribution in [2.24, 2.45) is 21.9 Å². The molecule has 0 radical (unpaired) electrons. The van der Waals surface area contributed by atoms with Gasteiger partial charge in [0.05, 0.1) is 29.8 Å². The molecule has 0 aromatic carbocycles. The molecule has 4 rings (SSSR count). The Hall–Kier alpha value is -2.74. The van der Waals surface area contributed by atoms with Crippen molar-refractivity contribution >= 4 is 17.9 Å². The minimum Gasteiger partial charge on any atom is -0.351 e. The maximum Gasteiger partial charge on any atom is 0.141 e. The zero-order valence-electron chi connectivity index (χ0n) is 15.3. The number of aromatic amines is 2. The number of hydrogen-bond donors (Lipinski definition) is 5. The highest BCUT2D eigenvalue weighted by atomic mass is 15.1. The molecule has 8 nitrogen and oxygen atoms in total. The number of hydrogen-bond acceptors (Lipinski definition) is 6. The standard InChI is InChI=1S/C19H26N8/c20-27-17(18-16-6-8-23-19(16)26-12-25-18)14-3-1-13(2-4-14)9-21-7-5-15-10-22-11-24-15/h6,8,10-14,20-21,23H,1-5,7,9H2,(H,22,24)(H,25,26)/b18-17-,27-20?/t13-,14-. The van der Waals surface area contributed by atoms with E-state index in [1.54, 1.807) is 12.7 Å². The van der Waals surface area contributed by atoms with Crippen molar-refractivity contribution < 1.29 is 0 Å². The molecule has 1 aliphatic heterocycles. The smallest absolute Gasteiger partial charge is 0.141 e. The van der Waals surface area contributed by atoms with Crippen LogP contribution in [0.2, 0.25) is 0 Å². The molecule has 2 aromatic rings. The number of rotatable bonds is 7. The summed E-state index contributed by atoms with van der Waals surface area (Å²) in [7, 11) is 0. The molecule has 1 saturated carbocycles. The van der Waals surface area contributed by atoms with Gasteiger partial charge in [0.15, 0.2) is 0 Å². The molecule has 142 valence electrons. The van der Waals surface area contributed by atoms with Gasteiger partial charge in [0.1, 0.15) is 5.82 Å². The third-order valence-corrected chi connectivity index (χ3v) is 5.55. The van der Waals surface area contributed by atoms with Crippen molar-refractivity contribution in [1.82, 2.24) is 25.6 Å². The normalized spacial score (nSPS) is 23.6. The average Bonchev–Trinajstić information content (AvgIpc) is 3.39. The van der Waals surface area contributed by atoms with Crippen molar-refractivity contribution in [2.75, 3.05) is 13.1 Å². The van der Waals surface area contributed by atoms with Crippen LogP contribution in [-0.4, -0.2) is 34.4 Å². The lowest BCUT2D eigenvalue weighted by Crippen LogP contribution is -2.29. The van der Waals surface area contributed by atoms with Crippen molar-refractivity contribution in [1.29, 1.82) is 5.53 Å². The van der Waals surface area contributed by atoms with E-state index >= 15 is 0 Å². The van der Waals surface area contributed by atoms with Crippen LogP contribution in [-0.2, 0) is 6.42 Å². The van der Waals surface area contributed by atoms with Crippen molar-refractivity contribution in [3.8, 4) is 0 Å². The first-order valence-electron chi connectivity index (χ1n) is 9.62. The second-order valence-electron chi connectivity index (χ2n) is 7.25. The summed E-state index contributed by atoms with van der Waals surface area (Å²) in [4.78, 5) is 14.7. The molecule has 0 bridgehead atoms. The van der Waals surface area contributed by atoms with Gasteiger partial charge in [-0.15, -0.1) is 0 Å². The molecule has 5 N–H and O–H groups in total. The Kier molecular flexibility index (Phi) is 5.43. The highest BCUT2D eigenvalue weighted by Gasteiger charge is 2.27. The number of aliphatic imine (C=N–C) groups is 1. The topological polar surface area (TPSA) is 117 Å². The van der Waals surface area contributed by atoms with E-state index in [4.69, 9.17) is 5.53 Å². The molecule has 0 spiro atoms. The molecular formula is C19H26N8. The lowest BCUT2D eigenvalue weighted by atomic mass is 9.79. The summed E-state index contributed by atoms with van der Waals surface area (Å²) in [6.45, 7) is 2.01. The van der Waals surface area contributed by atoms with E-state index in [-0.39, 0.29) is 0 Å². The first-order chi connectivity index (χ1) is 13.3. The number of nitrogens with one attached hydrogen (secondary N) is 5. The van der Waals surface area contributed by atoms with Crippen LogP contribution in [0.25, 0.3) is 5.70 Å². The Morgan fingerprint density at radius 3 is 2.96 bits per heavy atom. The van der Waals surface area contributed by atoms with Crippen LogP contribution in [0, 0.1) is 17.4 Å². The van der Waals surface area contributed by atoms with E-state index in [0.29, 0.717) is 11.8 Å². The zero-order chi connectivity index (χ0) is 18.5.